The fourth-order valence-electron chi connectivity index (χ4n) is 2.23. The Balaban J connectivity index is 1.75. The molecule has 1 aliphatic carbocycles. The van der Waals surface area contributed by atoms with Crippen LogP contribution in [0.4, 0.5) is 5.82 Å². The number of ether oxygens (including phenoxy) is 1. The molecule has 1 saturated carbocycles. The molecule has 3 atom stereocenters. The molecule has 2 fully saturated rings. The standard InChI is InChI=1S/C12H16N4O5/c17-5-7-3-8(18)11(21-7)16-12(20)15-9(4-13-16)14-10(19)6-1-2-6/h4,6-8,11,17-18H,1-3,5H2,(H,14,15,19,20)/t7-,8+,11+/m0/s1. The number of amides is 1. The summed E-state index contributed by atoms with van der Waals surface area (Å²) in [7, 11) is 0. The Bertz CT molecular complexity index is 600. The molecule has 1 aromatic heterocycles. The second kappa shape index (κ2) is 5.51. The minimum Gasteiger partial charge on any atom is -0.394 e. The van der Waals surface area contributed by atoms with Crippen molar-refractivity contribution in [1.82, 2.24) is 14.8 Å². The van der Waals surface area contributed by atoms with E-state index in [9.17, 15) is 14.7 Å². The maximum absolute atomic E-state index is 11.9. The van der Waals surface area contributed by atoms with Gasteiger partial charge in [-0.25, -0.2) is 4.79 Å². The van der Waals surface area contributed by atoms with Gasteiger partial charge in [0.1, 0.15) is 6.10 Å². The number of carbonyl (C=O) groups is 1. The molecule has 1 aliphatic heterocycles. The third kappa shape index (κ3) is 2.94. The predicted molar refractivity (Wildman–Crippen MR) is 69.3 cm³/mol. The topological polar surface area (TPSA) is 127 Å². The summed E-state index contributed by atoms with van der Waals surface area (Å²) in [6, 6.07) is 0. The van der Waals surface area contributed by atoms with E-state index in [1.165, 1.54) is 6.20 Å². The molecule has 3 rings (SSSR count). The van der Waals surface area contributed by atoms with Crippen molar-refractivity contribution in [3.63, 3.8) is 0 Å². The summed E-state index contributed by atoms with van der Waals surface area (Å²) < 4.78 is 6.24. The van der Waals surface area contributed by atoms with Crippen LogP contribution < -0.4 is 11.0 Å². The third-order valence-electron chi connectivity index (χ3n) is 3.53. The summed E-state index contributed by atoms with van der Waals surface area (Å²) in [6.45, 7) is -0.245. The molecule has 2 heterocycles. The molecule has 0 radical (unpaired) electrons. The zero-order chi connectivity index (χ0) is 15.0. The molecule has 0 unspecified atom stereocenters. The molecular formula is C12H16N4O5. The van der Waals surface area contributed by atoms with Gasteiger partial charge in [0.25, 0.3) is 0 Å². The molecule has 1 saturated heterocycles. The molecule has 9 heteroatoms. The Morgan fingerprint density at radius 3 is 2.86 bits per heavy atom. The monoisotopic (exact) mass is 296 g/mol. The van der Waals surface area contributed by atoms with Crippen LogP contribution in [0, 0.1) is 5.92 Å². The first-order chi connectivity index (χ1) is 10.1. The average molecular weight is 296 g/mol. The lowest BCUT2D eigenvalue weighted by Crippen LogP contribution is -2.34. The highest BCUT2D eigenvalue weighted by Crippen LogP contribution is 2.30. The zero-order valence-electron chi connectivity index (χ0n) is 11.2. The molecule has 0 aromatic carbocycles. The highest BCUT2D eigenvalue weighted by molar-refractivity contribution is 5.92. The van der Waals surface area contributed by atoms with E-state index in [0.717, 1.165) is 17.5 Å². The van der Waals surface area contributed by atoms with E-state index in [4.69, 9.17) is 9.84 Å². The van der Waals surface area contributed by atoms with E-state index in [-0.39, 0.29) is 30.7 Å². The predicted octanol–water partition coefficient (Wildman–Crippen LogP) is -1.37. The van der Waals surface area contributed by atoms with Gasteiger partial charge in [-0.05, 0) is 12.8 Å². The smallest absolute Gasteiger partial charge is 0.368 e. The van der Waals surface area contributed by atoms with Gasteiger partial charge in [-0.3, -0.25) is 4.79 Å². The van der Waals surface area contributed by atoms with Crippen molar-refractivity contribution in [1.29, 1.82) is 0 Å². The normalized spacial score (nSPS) is 28.6. The average Bonchev–Trinajstić information content (AvgIpc) is 3.23. The molecule has 3 N–H and O–H groups in total. The number of aliphatic hydroxyl groups excluding tert-OH is 2. The fraction of sp³-hybridized carbons (Fsp3) is 0.667. The molecule has 2 aliphatic rings. The van der Waals surface area contributed by atoms with Gasteiger partial charge in [0.05, 0.1) is 18.9 Å². The second-order valence-electron chi connectivity index (χ2n) is 5.27. The molecular weight excluding hydrogens is 280 g/mol. The number of nitrogens with zero attached hydrogens (tertiary/aromatic N) is 3. The molecule has 1 amide bonds. The van der Waals surface area contributed by atoms with Crippen LogP contribution in [0.5, 0.6) is 0 Å². The summed E-state index contributed by atoms with van der Waals surface area (Å²) >= 11 is 0. The van der Waals surface area contributed by atoms with Crippen LogP contribution in [0.3, 0.4) is 0 Å². The van der Waals surface area contributed by atoms with E-state index >= 15 is 0 Å². The van der Waals surface area contributed by atoms with Gasteiger partial charge in [0.2, 0.25) is 5.91 Å². The SMILES string of the molecule is O=C(Nc1cnn([C@@H]2O[C@H](CO)C[C@H]2O)c(=O)n1)C1CC1. The van der Waals surface area contributed by atoms with Crippen molar-refractivity contribution in [2.45, 2.75) is 37.7 Å². The van der Waals surface area contributed by atoms with Gasteiger partial charge < -0.3 is 20.3 Å². The Kier molecular flexibility index (Phi) is 3.70. The quantitative estimate of drug-likeness (QED) is 0.625. The maximum atomic E-state index is 11.9. The van der Waals surface area contributed by atoms with E-state index in [1.807, 2.05) is 0 Å². The highest BCUT2D eigenvalue weighted by Gasteiger charge is 2.36. The van der Waals surface area contributed by atoms with Gasteiger partial charge in [0.15, 0.2) is 12.0 Å². The number of hydrogen-bond donors (Lipinski definition) is 3. The fourth-order valence-corrected chi connectivity index (χ4v) is 2.23. The van der Waals surface area contributed by atoms with Crippen LogP contribution in [0.1, 0.15) is 25.5 Å². The minimum atomic E-state index is -0.977. The first-order valence-corrected chi connectivity index (χ1v) is 6.79. The van der Waals surface area contributed by atoms with Crippen molar-refractivity contribution in [3.05, 3.63) is 16.7 Å². The number of anilines is 1. The van der Waals surface area contributed by atoms with Crippen LogP contribution >= 0.6 is 0 Å². The molecule has 0 bridgehead atoms. The van der Waals surface area contributed by atoms with Crippen molar-refractivity contribution < 1.29 is 19.7 Å². The lowest BCUT2D eigenvalue weighted by molar-refractivity contribution is -0.117. The maximum Gasteiger partial charge on any atom is 0.368 e. The van der Waals surface area contributed by atoms with Crippen LogP contribution in [-0.4, -0.2) is 49.7 Å². The second-order valence-corrected chi connectivity index (χ2v) is 5.27. The zero-order valence-corrected chi connectivity index (χ0v) is 11.2. The van der Waals surface area contributed by atoms with Crippen molar-refractivity contribution in [2.24, 2.45) is 5.92 Å². The molecule has 21 heavy (non-hydrogen) atoms. The number of aromatic nitrogens is 3. The Hall–Kier alpha value is -1.84. The summed E-state index contributed by atoms with van der Waals surface area (Å²) in [5.41, 5.74) is -0.730. The summed E-state index contributed by atoms with van der Waals surface area (Å²) in [6.07, 6.45) is 0.700. The van der Waals surface area contributed by atoms with Crippen molar-refractivity contribution in [3.8, 4) is 0 Å². The number of nitrogens with one attached hydrogen (secondary N) is 1. The molecule has 114 valence electrons. The van der Waals surface area contributed by atoms with E-state index < -0.39 is 24.1 Å². The molecule has 0 spiro atoms. The van der Waals surface area contributed by atoms with Gasteiger partial charge in [-0.2, -0.15) is 14.8 Å². The minimum absolute atomic E-state index is 0.000434. The van der Waals surface area contributed by atoms with E-state index in [0.29, 0.717) is 0 Å². The third-order valence-corrected chi connectivity index (χ3v) is 3.53. The van der Waals surface area contributed by atoms with Crippen LogP contribution in [0.15, 0.2) is 11.0 Å². The molecule has 9 nitrogen and oxygen atoms in total. The number of carbonyl (C=O) groups excluding carboxylic acids is 1. The largest absolute Gasteiger partial charge is 0.394 e. The van der Waals surface area contributed by atoms with Gasteiger partial charge in [-0.15, -0.1) is 0 Å². The lowest BCUT2D eigenvalue weighted by atomic mass is 10.2. The van der Waals surface area contributed by atoms with Crippen LogP contribution in [0.25, 0.3) is 0 Å². The number of rotatable bonds is 4. The first-order valence-electron chi connectivity index (χ1n) is 6.79. The Labute approximate surface area is 119 Å². The van der Waals surface area contributed by atoms with Crippen molar-refractivity contribution in [2.75, 3.05) is 11.9 Å². The highest BCUT2D eigenvalue weighted by atomic mass is 16.5. The van der Waals surface area contributed by atoms with Gasteiger partial charge in [0, 0.05) is 12.3 Å². The molecule has 1 aromatic rings. The van der Waals surface area contributed by atoms with Crippen molar-refractivity contribution >= 4 is 11.7 Å². The number of aliphatic hydroxyl groups is 2. The van der Waals surface area contributed by atoms with E-state index in [2.05, 4.69) is 15.4 Å². The summed E-state index contributed by atoms with van der Waals surface area (Å²) in [4.78, 5) is 27.2. The van der Waals surface area contributed by atoms with Crippen LogP contribution in [-0.2, 0) is 9.53 Å². The first kappa shape index (κ1) is 14.1. The lowest BCUT2D eigenvalue weighted by Gasteiger charge is -2.15. The van der Waals surface area contributed by atoms with Crippen LogP contribution in [0.2, 0.25) is 0 Å². The number of hydrogen-bond acceptors (Lipinski definition) is 7. The Morgan fingerprint density at radius 1 is 1.52 bits per heavy atom. The summed E-state index contributed by atoms with van der Waals surface area (Å²) in [5, 5.41) is 25.2. The van der Waals surface area contributed by atoms with Gasteiger partial charge in [-0.1, -0.05) is 0 Å². The van der Waals surface area contributed by atoms with E-state index in [1.54, 1.807) is 0 Å². The summed E-state index contributed by atoms with van der Waals surface area (Å²) in [5.74, 6) is -0.0853. The Morgan fingerprint density at radius 2 is 2.29 bits per heavy atom. The van der Waals surface area contributed by atoms with Gasteiger partial charge >= 0.3 is 5.69 Å².